The van der Waals surface area contributed by atoms with Crippen molar-refractivity contribution >= 4 is 23.6 Å². The molecule has 1 aliphatic rings. The van der Waals surface area contributed by atoms with Crippen LogP contribution in [0.25, 0.3) is 0 Å². The quantitative estimate of drug-likeness (QED) is 0.793. The molecule has 1 fully saturated rings. The van der Waals surface area contributed by atoms with Gasteiger partial charge in [-0.1, -0.05) is 6.07 Å². The summed E-state index contributed by atoms with van der Waals surface area (Å²) in [6, 6.07) is 3.00. The number of carbonyl (C=O) groups excluding carboxylic acids is 1. The van der Waals surface area contributed by atoms with Crippen LogP contribution in [-0.2, 0) is 4.79 Å². The highest BCUT2D eigenvalue weighted by atomic mass is 32.2. The molecule has 2 rings (SSSR count). The van der Waals surface area contributed by atoms with Gasteiger partial charge in [-0.2, -0.15) is 4.39 Å². The van der Waals surface area contributed by atoms with E-state index in [1.807, 2.05) is 0 Å². The highest BCUT2D eigenvalue weighted by Crippen LogP contribution is 2.22. The van der Waals surface area contributed by atoms with Crippen molar-refractivity contribution in [3.05, 3.63) is 29.8 Å². The molecule has 0 aromatic carbocycles. The number of thioether (sulfide) groups is 1. The van der Waals surface area contributed by atoms with Gasteiger partial charge in [-0.15, -0.1) is 11.8 Å². The number of rotatable bonds is 2. The summed E-state index contributed by atoms with van der Waals surface area (Å²) < 4.78 is 12.9. The topological polar surface area (TPSA) is 70.5 Å². The van der Waals surface area contributed by atoms with E-state index in [0.717, 1.165) is 6.07 Å². The first-order valence-corrected chi connectivity index (χ1v) is 5.99. The third-order valence-electron chi connectivity index (χ3n) is 2.36. The predicted molar refractivity (Wildman–Crippen MR) is 59.1 cm³/mol. The molecule has 90 valence electrons. The van der Waals surface area contributed by atoms with Crippen LogP contribution in [0.3, 0.4) is 0 Å². The minimum Gasteiger partial charge on any atom is -0.480 e. The molecule has 2 heterocycles. The largest absolute Gasteiger partial charge is 0.480 e. The zero-order valence-electron chi connectivity index (χ0n) is 8.67. The second-order valence-electron chi connectivity index (χ2n) is 3.47. The number of carbonyl (C=O) groups is 2. The lowest BCUT2D eigenvalue weighted by Gasteiger charge is -2.19. The third-order valence-corrected chi connectivity index (χ3v) is 3.37. The van der Waals surface area contributed by atoms with Gasteiger partial charge < -0.3 is 10.0 Å². The summed E-state index contributed by atoms with van der Waals surface area (Å²) >= 11 is 1.35. The van der Waals surface area contributed by atoms with Crippen LogP contribution in [0.4, 0.5) is 4.39 Å². The van der Waals surface area contributed by atoms with Crippen molar-refractivity contribution < 1.29 is 19.1 Å². The van der Waals surface area contributed by atoms with Crippen LogP contribution in [0.2, 0.25) is 0 Å². The van der Waals surface area contributed by atoms with Gasteiger partial charge in [0, 0.05) is 5.75 Å². The first-order chi connectivity index (χ1) is 8.09. The average Bonchev–Trinajstić information content (AvgIpc) is 2.77. The van der Waals surface area contributed by atoms with E-state index in [1.54, 1.807) is 0 Å². The molecule has 5 nitrogen and oxygen atoms in total. The molecular formula is C10H9FN2O3S. The van der Waals surface area contributed by atoms with Gasteiger partial charge in [0.2, 0.25) is 5.95 Å². The number of carboxylic acid groups (broad SMARTS) is 1. The van der Waals surface area contributed by atoms with E-state index >= 15 is 0 Å². The lowest BCUT2D eigenvalue weighted by molar-refractivity contribution is -0.140. The van der Waals surface area contributed by atoms with Gasteiger partial charge in [0.05, 0.1) is 5.88 Å². The molecule has 1 N–H and O–H groups in total. The number of aromatic nitrogens is 1. The Kier molecular flexibility index (Phi) is 3.28. The maximum absolute atomic E-state index is 12.9. The molecule has 1 aromatic rings. The molecule has 1 aromatic heterocycles. The number of hydrogen-bond acceptors (Lipinski definition) is 4. The van der Waals surface area contributed by atoms with Crippen LogP contribution >= 0.6 is 11.8 Å². The summed E-state index contributed by atoms with van der Waals surface area (Å²) in [5.41, 5.74) is -0.0706. The van der Waals surface area contributed by atoms with Gasteiger partial charge in [0.15, 0.2) is 0 Å². The van der Waals surface area contributed by atoms with E-state index in [-0.39, 0.29) is 11.6 Å². The normalized spacial score (nSPS) is 19.4. The van der Waals surface area contributed by atoms with Crippen molar-refractivity contribution in [1.29, 1.82) is 0 Å². The maximum atomic E-state index is 12.9. The molecule has 0 saturated carbocycles. The van der Waals surface area contributed by atoms with Crippen LogP contribution in [-0.4, -0.2) is 44.5 Å². The van der Waals surface area contributed by atoms with Crippen molar-refractivity contribution in [2.75, 3.05) is 11.6 Å². The monoisotopic (exact) mass is 256 g/mol. The molecule has 7 heteroatoms. The number of halogens is 1. The van der Waals surface area contributed by atoms with Crippen LogP contribution in [0.1, 0.15) is 10.5 Å². The Morgan fingerprint density at radius 3 is 2.94 bits per heavy atom. The molecule has 1 unspecified atom stereocenters. The minimum atomic E-state index is -1.06. The van der Waals surface area contributed by atoms with E-state index in [9.17, 15) is 14.0 Å². The molecule has 0 spiro atoms. The molecular weight excluding hydrogens is 247 g/mol. The van der Waals surface area contributed by atoms with Gasteiger partial charge >= 0.3 is 5.97 Å². The van der Waals surface area contributed by atoms with Crippen molar-refractivity contribution in [2.24, 2.45) is 0 Å². The molecule has 1 saturated heterocycles. The summed E-state index contributed by atoms with van der Waals surface area (Å²) in [5.74, 6) is -1.74. The lowest BCUT2D eigenvalue weighted by Crippen LogP contribution is -2.42. The molecule has 0 bridgehead atoms. The van der Waals surface area contributed by atoms with E-state index in [1.165, 1.54) is 28.8 Å². The Morgan fingerprint density at radius 2 is 2.29 bits per heavy atom. The molecule has 17 heavy (non-hydrogen) atoms. The second-order valence-corrected chi connectivity index (χ2v) is 4.47. The summed E-state index contributed by atoms with van der Waals surface area (Å²) in [5, 5.41) is 8.93. The summed E-state index contributed by atoms with van der Waals surface area (Å²) in [7, 11) is 0. The Bertz CT molecular complexity index is 469. The van der Waals surface area contributed by atoms with Crippen LogP contribution in [0.5, 0.6) is 0 Å². The Hall–Kier alpha value is -1.63. The Balaban J connectivity index is 2.23. The first kappa shape index (κ1) is 11.8. The van der Waals surface area contributed by atoms with Crippen molar-refractivity contribution in [1.82, 2.24) is 9.88 Å². The summed E-state index contributed by atoms with van der Waals surface area (Å²) in [6.07, 6.45) is 0. The predicted octanol–water partition coefficient (Wildman–Crippen LogP) is 0.820. The zero-order chi connectivity index (χ0) is 12.4. The van der Waals surface area contributed by atoms with Crippen LogP contribution < -0.4 is 0 Å². The third kappa shape index (κ3) is 2.38. The summed E-state index contributed by atoms with van der Waals surface area (Å²) in [6.45, 7) is 0. The van der Waals surface area contributed by atoms with E-state index in [0.29, 0.717) is 5.75 Å². The second kappa shape index (κ2) is 4.70. The Morgan fingerprint density at radius 1 is 1.53 bits per heavy atom. The van der Waals surface area contributed by atoms with Crippen molar-refractivity contribution in [3.63, 3.8) is 0 Å². The maximum Gasteiger partial charge on any atom is 0.327 e. The van der Waals surface area contributed by atoms with Gasteiger partial charge in [-0.25, -0.2) is 9.78 Å². The lowest BCUT2D eigenvalue weighted by atomic mass is 10.2. The fourth-order valence-electron chi connectivity index (χ4n) is 1.52. The SMILES string of the molecule is O=C(O)C1CSCN1C(=O)c1cccc(F)n1. The highest BCUT2D eigenvalue weighted by Gasteiger charge is 2.35. The van der Waals surface area contributed by atoms with Gasteiger partial charge in [0.25, 0.3) is 5.91 Å². The average molecular weight is 256 g/mol. The number of hydrogen-bond donors (Lipinski definition) is 1. The minimum absolute atomic E-state index is 0.0706. The highest BCUT2D eigenvalue weighted by molar-refractivity contribution is 7.99. The van der Waals surface area contributed by atoms with Gasteiger partial charge in [0.1, 0.15) is 11.7 Å². The molecule has 1 amide bonds. The Labute approximate surface area is 101 Å². The van der Waals surface area contributed by atoms with Crippen molar-refractivity contribution in [2.45, 2.75) is 6.04 Å². The van der Waals surface area contributed by atoms with Gasteiger partial charge in [-0.05, 0) is 12.1 Å². The number of aliphatic carboxylic acids is 1. The fraction of sp³-hybridized carbons (Fsp3) is 0.300. The molecule has 0 aliphatic carbocycles. The summed E-state index contributed by atoms with van der Waals surface area (Å²) in [4.78, 5) is 27.5. The van der Waals surface area contributed by atoms with Crippen LogP contribution in [0, 0.1) is 5.95 Å². The number of nitrogens with zero attached hydrogens (tertiary/aromatic N) is 2. The zero-order valence-corrected chi connectivity index (χ0v) is 9.48. The molecule has 0 radical (unpaired) electrons. The number of carboxylic acids is 1. The van der Waals surface area contributed by atoms with E-state index in [2.05, 4.69) is 4.98 Å². The standard InChI is InChI=1S/C10H9FN2O3S/c11-8-3-1-2-6(12-8)9(14)13-5-17-4-7(13)10(15)16/h1-3,7H,4-5H2,(H,15,16). The molecule has 1 atom stereocenters. The van der Waals surface area contributed by atoms with E-state index in [4.69, 9.17) is 5.11 Å². The smallest absolute Gasteiger partial charge is 0.327 e. The molecule has 1 aliphatic heterocycles. The number of pyridine rings is 1. The van der Waals surface area contributed by atoms with Crippen molar-refractivity contribution in [3.8, 4) is 0 Å². The fourth-order valence-corrected chi connectivity index (χ4v) is 2.67. The van der Waals surface area contributed by atoms with Crippen LogP contribution in [0.15, 0.2) is 18.2 Å². The van der Waals surface area contributed by atoms with Gasteiger partial charge in [-0.3, -0.25) is 4.79 Å². The number of amides is 1. The van der Waals surface area contributed by atoms with E-state index < -0.39 is 23.9 Å². The first-order valence-electron chi connectivity index (χ1n) is 4.83.